The Kier molecular flexibility index (Phi) is 7.00. The molecule has 0 aliphatic heterocycles. The van der Waals surface area contributed by atoms with Gasteiger partial charge in [-0.1, -0.05) is 30.3 Å². The lowest BCUT2D eigenvalue weighted by atomic mass is 10.1. The molecule has 1 heterocycles. The van der Waals surface area contributed by atoms with Crippen LogP contribution in [0.2, 0.25) is 0 Å². The molecule has 1 amide bonds. The standard InChI is InChI=1S/C26H24N2O4S/c1-18-24(17-33(30)23-6-4-3-5-7-23)28-26(32-18)21-12-10-20(11-13-21)25(29)27-16-19-8-14-22(31-2)15-9-19/h3-15H,16-17H2,1-2H3,(H,27,29). The van der Waals surface area contributed by atoms with Crippen LogP contribution in [-0.2, 0) is 23.1 Å². The average molecular weight is 461 g/mol. The number of rotatable bonds is 8. The molecular weight excluding hydrogens is 436 g/mol. The van der Waals surface area contributed by atoms with E-state index in [1.54, 1.807) is 31.4 Å². The summed E-state index contributed by atoms with van der Waals surface area (Å²) in [5.74, 6) is 1.97. The van der Waals surface area contributed by atoms with E-state index in [1.807, 2.05) is 61.5 Å². The third-order valence-electron chi connectivity index (χ3n) is 5.17. The highest BCUT2D eigenvalue weighted by Crippen LogP contribution is 2.24. The summed E-state index contributed by atoms with van der Waals surface area (Å²) in [6.07, 6.45) is 0. The molecule has 1 N–H and O–H groups in total. The maximum atomic E-state index is 12.6. The second-order valence-corrected chi connectivity index (χ2v) is 8.88. The summed E-state index contributed by atoms with van der Waals surface area (Å²) < 4.78 is 23.6. The first kappa shape index (κ1) is 22.5. The first-order valence-corrected chi connectivity index (χ1v) is 11.8. The first-order valence-electron chi connectivity index (χ1n) is 10.4. The minimum Gasteiger partial charge on any atom is -0.497 e. The van der Waals surface area contributed by atoms with Crippen LogP contribution in [0, 0.1) is 6.92 Å². The maximum Gasteiger partial charge on any atom is 0.251 e. The second-order valence-electron chi connectivity index (χ2n) is 7.43. The monoisotopic (exact) mass is 460 g/mol. The Morgan fingerprint density at radius 1 is 1.00 bits per heavy atom. The predicted octanol–water partition coefficient (Wildman–Crippen LogP) is 4.90. The number of aryl methyl sites for hydroxylation is 1. The Morgan fingerprint density at radius 2 is 1.70 bits per heavy atom. The minimum atomic E-state index is -1.20. The van der Waals surface area contributed by atoms with Gasteiger partial charge in [-0.25, -0.2) is 4.98 Å². The number of hydrogen-bond donors (Lipinski definition) is 1. The van der Waals surface area contributed by atoms with Crippen molar-refractivity contribution in [3.8, 4) is 17.2 Å². The summed E-state index contributed by atoms with van der Waals surface area (Å²) in [5.41, 5.74) is 2.94. The summed E-state index contributed by atoms with van der Waals surface area (Å²) in [7, 11) is 0.417. The van der Waals surface area contributed by atoms with Crippen molar-refractivity contribution in [1.82, 2.24) is 10.3 Å². The van der Waals surface area contributed by atoms with Crippen molar-refractivity contribution >= 4 is 16.7 Å². The van der Waals surface area contributed by atoms with Gasteiger partial charge in [0.25, 0.3) is 5.91 Å². The molecule has 0 aliphatic rings. The molecule has 6 nitrogen and oxygen atoms in total. The summed E-state index contributed by atoms with van der Waals surface area (Å²) in [5, 5.41) is 2.91. The van der Waals surface area contributed by atoms with E-state index in [2.05, 4.69) is 10.3 Å². The van der Waals surface area contributed by atoms with Gasteiger partial charge in [0.15, 0.2) is 0 Å². The van der Waals surface area contributed by atoms with Gasteiger partial charge in [-0.3, -0.25) is 9.00 Å². The van der Waals surface area contributed by atoms with E-state index in [0.29, 0.717) is 29.5 Å². The number of methoxy groups -OCH3 is 1. The van der Waals surface area contributed by atoms with Gasteiger partial charge in [0.05, 0.1) is 29.4 Å². The number of amides is 1. The van der Waals surface area contributed by atoms with Gasteiger partial charge in [0, 0.05) is 22.6 Å². The normalized spacial score (nSPS) is 11.7. The third kappa shape index (κ3) is 5.56. The SMILES string of the molecule is COc1ccc(CNC(=O)c2ccc(-c3nc(CS(=O)c4ccccc4)c(C)o3)cc2)cc1. The highest BCUT2D eigenvalue weighted by molar-refractivity contribution is 7.84. The number of hydrogen-bond acceptors (Lipinski definition) is 5. The summed E-state index contributed by atoms with van der Waals surface area (Å²) >= 11 is 0. The molecule has 0 bridgehead atoms. The Balaban J connectivity index is 1.39. The molecule has 168 valence electrons. The van der Waals surface area contributed by atoms with Crippen molar-refractivity contribution in [1.29, 1.82) is 0 Å². The zero-order valence-corrected chi connectivity index (χ0v) is 19.2. The molecule has 1 atom stereocenters. The van der Waals surface area contributed by atoms with Crippen LogP contribution in [0.4, 0.5) is 0 Å². The molecule has 0 aliphatic carbocycles. The quantitative estimate of drug-likeness (QED) is 0.405. The van der Waals surface area contributed by atoms with Crippen LogP contribution < -0.4 is 10.1 Å². The van der Waals surface area contributed by atoms with E-state index in [1.165, 1.54) is 0 Å². The number of nitrogens with zero attached hydrogens (tertiary/aromatic N) is 1. The van der Waals surface area contributed by atoms with E-state index in [0.717, 1.165) is 21.8 Å². The van der Waals surface area contributed by atoms with Crippen LogP contribution in [0.1, 0.15) is 27.4 Å². The molecule has 1 aromatic heterocycles. The number of nitrogens with one attached hydrogen (secondary N) is 1. The van der Waals surface area contributed by atoms with Gasteiger partial charge in [-0.15, -0.1) is 0 Å². The van der Waals surface area contributed by atoms with Crippen LogP contribution in [0.5, 0.6) is 5.75 Å². The lowest BCUT2D eigenvalue weighted by molar-refractivity contribution is 0.0951. The van der Waals surface area contributed by atoms with Crippen molar-refractivity contribution in [3.63, 3.8) is 0 Å². The number of carbonyl (C=O) groups excluding carboxylic acids is 1. The molecule has 1 unspecified atom stereocenters. The smallest absolute Gasteiger partial charge is 0.251 e. The highest BCUT2D eigenvalue weighted by atomic mass is 32.2. The van der Waals surface area contributed by atoms with Crippen molar-refractivity contribution < 1.29 is 18.2 Å². The minimum absolute atomic E-state index is 0.167. The fourth-order valence-corrected chi connectivity index (χ4v) is 4.40. The summed E-state index contributed by atoms with van der Waals surface area (Å²) in [6.45, 7) is 2.24. The fraction of sp³-hybridized carbons (Fsp3) is 0.154. The third-order valence-corrected chi connectivity index (χ3v) is 6.51. The Bertz CT molecular complexity index is 1250. The molecule has 0 saturated carbocycles. The zero-order valence-electron chi connectivity index (χ0n) is 18.4. The molecule has 4 aromatic rings. The Labute approximate surface area is 195 Å². The molecule has 4 rings (SSSR count). The first-order chi connectivity index (χ1) is 16.0. The van der Waals surface area contributed by atoms with E-state index >= 15 is 0 Å². The largest absolute Gasteiger partial charge is 0.497 e. The van der Waals surface area contributed by atoms with Crippen LogP contribution >= 0.6 is 0 Å². The second kappa shape index (κ2) is 10.3. The summed E-state index contributed by atoms with van der Waals surface area (Å²) in [4.78, 5) is 17.8. The maximum absolute atomic E-state index is 12.6. The van der Waals surface area contributed by atoms with Crippen molar-refractivity contribution in [2.45, 2.75) is 24.1 Å². The molecule has 0 saturated heterocycles. The van der Waals surface area contributed by atoms with Crippen molar-refractivity contribution in [2.24, 2.45) is 0 Å². The lowest BCUT2D eigenvalue weighted by Crippen LogP contribution is -2.22. The van der Waals surface area contributed by atoms with Gasteiger partial charge in [0.1, 0.15) is 11.5 Å². The van der Waals surface area contributed by atoms with Crippen LogP contribution in [0.25, 0.3) is 11.5 Å². The zero-order chi connectivity index (χ0) is 23.2. The van der Waals surface area contributed by atoms with Crippen LogP contribution in [-0.4, -0.2) is 22.2 Å². The molecule has 0 spiro atoms. The van der Waals surface area contributed by atoms with Gasteiger partial charge in [-0.05, 0) is 61.0 Å². The topological polar surface area (TPSA) is 81.4 Å². The number of benzene rings is 3. The van der Waals surface area contributed by atoms with Gasteiger partial charge < -0.3 is 14.5 Å². The predicted molar refractivity (Wildman–Crippen MR) is 127 cm³/mol. The molecule has 0 radical (unpaired) electrons. The fourth-order valence-electron chi connectivity index (χ4n) is 3.26. The van der Waals surface area contributed by atoms with E-state index in [4.69, 9.17) is 9.15 Å². The van der Waals surface area contributed by atoms with Crippen LogP contribution in [0.3, 0.4) is 0 Å². The molecule has 0 fully saturated rings. The molecule has 3 aromatic carbocycles. The molecular formula is C26H24N2O4S. The lowest BCUT2D eigenvalue weighted by Gasteiger charge is -2.07. The van der Waals surface area contributed by atoms with Gasteiger partial charge >= 0.3 is 0 Å². The number of carbonyl (C=O) groups is 1. The van der Waals surface area contributed by atoms with Crippen molar-refractivity contribution in [3.05, 3.63) is 101 Å². The average Bonchev–Trinajstić information content (AvgIpc) is 3.23. The summed E-state index contributed by atoms with van der Waals surface area (Å²) in [6, 6.07) is 23.9. The van der Waals surface area contributed by atoms with E-state index in [9.17, 15) is 9.00 Å². The Hall–Kier alpha value is -3.71. The van der Waals surface area contributed by atoms with E-state index < -0.39 is 10.8 Å². The van der Waals surface area contributed by atoms with Gasteiger partial charge in [-0.2, -0.15) is 0 Å². The number of aromatic nitrogens is 1. The number of ether oxygens (including phenoxy) is 1. The van der Waals surface area contributed by atoms with Crippen molar-refractivity contribution in [2.75, 3.05) is 7.11 Å². The number of oxazole rings is 1. The molecule has 7 heteroatoms. The highest BCUT2D eigenvalue weighted by Gasteiger charge is 2.15. The van der Waals surface area contributed by atoms with E-state index in [-0.39, 0.29) is 11.7 Å². The molecule has 33 heavy (non-hydrogen) atoms. The Morgan fingerprint density at radius 3 is 2.36 bits per heavy atom. The van der Waals surface area contributed by atoms with Gasteiger partial charge in [0.2, 0.25) is 5.89 Å². The van der Waals surface area contributed by atoms with Crippen LogP contribution in [0.15, 0.2) is 88.2 Å².